The second kappa shape index (κ2) is 15.9. The molecule has 0 saturated heterocycles. The predicted octanol–water partition coefficient (Wildman–Crippen LogP) is 13.3. The van der Waals surface area contributed by atoms with Crippen molar-refractivity contribution in [2.75, 3.05) is 18.1 Å². The molecule has 0 atom stereocenters. The molecule has 6 aromatic carbocycles. The number of hydrogen-bond donors (Lipinski definition) is 1. The number of carbonyl (C=O) groups excluding carboxylic acids is 1. The van der Waals surface area contributed by atoms with Gasteiger partial charge in [-0.05, 0) is 92.7 Å². The van der Waals surface area contributed by atoms with Crippen molar-refractivity contribution < 1.29 is 36.2 Å². The lowest BCUT2D eigenvalue weighted by molar-refractivity contribution is -0.138. The van der Waals surface area contributed by atoms with E-state index in [1.807, 2.05) is 84.9 Å². The van der Waals surface area contributed by atoms with Gasteiger partial charge in [0.1, 0.15) is 0 Å². The molecule has 3 nitrogen and oxygen atoms in total. The van der Waals surface area contributed by atoms with E-state index in [9.17, 15) is 36.2 Å². The van der Waals surface area contributed by atoms with Gasteiger partial charge in [-0.3, -0.25) is 4.79 Å². The molecule has 0 bridgehead atoms. The summed E-state index contributed by atoms with van der Waals surface area (Å²) < 4.78 is 81.8. The molecule has 0 saturated carbocycles. The van der Waals surface area contributed by atoms with Crippen LogP contribution < -0.4 is 4.90 Å². The Morgan fingerprint density at radius 1 is 0.552 bits per heavy atom. The van der Waals surface area contributed by atoms with Crippen molar-refractivity contribution in [2.24, 2.45) is 0 Å². The van der Waals surface area contributed by atoms with E-state index >= 15 is 0 Å². The summed E-state index contributed by atoms with van der Waals surface area (Å²) in [6, 6.07) is 41.4. The Hall–Kier alpha value is -5.75. The second-order valence-corrected chi connectivity index (χ2v) is 16.2. The third-order valence-corrected chi connectivity index (χ3v) is 12.3. The quantitative estimate of drug-likeness (QED) is 0.140. The topological polar surface area (TPSA) is 40.5 Å². The summed E-state index contributed by atoms with van der Waals surface area (Å²) in [5, 5.41) is 11.9. The first-order valence-electron chi connectivity index (χ1n) is 18.3. The zero-order valence-corrected chi connectivity index (χ0v) is 32.2. The highest BCUT2D eigenvalue weighted by atomic mass is 32.1. The first kappa shape index (κ1) is 39.1. The van der Waals surface area contributed by atoms with Crippen LogP contribution in [0.25, 0.3) is 42.4 Å². The van der Waals surface area contributed by atoms with Gasteiger partial charge in [0.15, 0.2) is 0 Å². The number of carbonyl (C=O) groups is 1. The average Bonchev–Trinajstić information content (AvgIpc) is 3.83. The van der Waals surface area contributed by atoms with Gasteiger partial charge in [0.2, 0.25) is 0 Å². The molecule has 0 aliphatic rings. The minimum Gasteiger partial charge on any atom is -0.395 e. The number of hydrogen-bond acceptors (Lipinski definition) is 4. The van der Waals surface area contributed by atoms with Crippen LogP contribution in [0.4, 0.5) is 32.0 Å². The number of fused-ring (bicyclic) bond motifs is 2. The van der Waals surface area contributed by atoms with Crippen LogP contribution in [0.15, 0.2) is 146 Å². The summed E-state index contributed by atoms with van der Waals surface area (Å²) in [5.74, 6) is -0.286. The number of rotatable bonds is 10. The monoisotopic (exact) mass is 821 g/mol. The van der Waals surface area contributed by atoms with Gasteiger partial charge in [0.25, 0.3) is 5.91 Å². The third kappa shape index (κ3) is 8.29. The lowest BCUT2D eigenvalue weighted by Gasteiger charge is -2.22. The van der Waals surface area contributed by atoms with Gasteiger partial charge >= 0.3 is 12.4 Å². The van der Waals surface area contributed by atoms with E-state index < -0.39 is 23.5 Å². The number of aliphatic hydroxyl groups excluding tert-OH is 1. The van der Waals surface area contributed by atoms with E-state index in [0.717, 1.165) is 64.3 Å². The molecular weight excluding hydrogens is 789 g/mol. The minimum absolute atomic E-state index is 0.0719. The molecule has 292 valence electrons. The molecule has 0 aliphatic carbocycles. The van der Waals surface area contributed by atoms with Crippen molar-refractivity contribution in [1.29, 1.82) is 0 Å². The highest BCUT2D eigenvalue weighted by Gasteiger charge is 2.31. The highest BCUT2D eigenvalue weighted by Crippen LogP contribution is 2.39. The Bertz CT molecular complexity index is 2750. The molecule has 0 radical (unpaired) electrons. The number of thiophene rings is 2. The molecule has 1 amide bonds. The number of benzene rings is 6. The van der Waals surface area contributed by atoms with E-state index in [2.05, 4.69) is 0 Å². The number of nitrogens with zero attached hydrogens (tertiary/aromatic N) is 1. The van der Waals surface area contributed by atoms with E-state index in [0.29, 0.717) is 35.2 Å². The van der Waals surface area contributed by atoms with Crippen LogP contribution in [0.3, 0.4) is 0 Å². The number of amides is 1. The Labute approximate surface area is 338 Å². The Kier molecular flexibility index (Phi) is 10.7. The molecule has 11 heteroatoms. The molecule has 58 heavy (non-hydrogen) atoms. The number of alkyl halides is 6. The SMILES string of the molecule is O=C(c1ccc(-c2cccc3cc(Cc4cccc(C(F)(F)F)c4)sc23)cc1)N(CCO)c1ccc(-c2cccc3cc(Cc4cccc(C(F)(F)F)c4)sc23)cc1. The summed E-state index contributed by atoms with van der Waals surface area (Å²) in [6.45, 7) is -0.180. The Morgan fingerprint density at radius 3 is 1.45 bits per heavy atom. The Morgan fingerprint density at radius 2 is 1.00 bits per heavy atom. The van der Waals surface area contributed by atoms with E-state index in [1.165, 1.54) is 51.8 Å². The maximum Gasteiger partial charge on any atom is 0.416 e. The van der Waals surface area contributed by atoms with E-state index in [-0.39, 0.29) is 19.1 Å². The fourth-order valence-corrected chi connectivity index (χ4v) is 9.65. The molecular formula is C47H33F6NO2S2. The first-order valence-corrected chi connectivity index (χ1v) is 20.0. The molecule has 2 aromatic heterocycles. The highest BCUT2D eigenvalue weighted by molar-refractivity contribution is 7.20. The molecule has 0 aliphatic heterocycles. The zero-order valence-electron chi connectivity index (χ0n) is 30.6. The van der Waals surface area contributed by atoms with Crippen molar-refractivity contribution >= 4 is 54.4 Å². The van der Waals surface area contributed by atoms with Crippen molar-refractivity contribution in [3.63, 3.8) is 0 Å². The lowest BCUT2D eigenvalue weighted by Crippen LogP contribution is -2.33. The van der Waals surface area contributed by atoms with Gasteiger partial charge in [-0.15, -0.1) is 22.7 Å². The summed E-state index contributed by atoms with van der Waals surface area (Å²) in [7, 11) is 0. The van der Waals surface area contributed by atoms with Gasteiger partial charge in [-0.1, -0.05) is 97.1 Å². The molecule has 1 N–H and O–H groups in total. The van der Waals surface area contributed by atoms with Crippen molar-refractivity contribution in [2.45, 2.75) is 25.2 Å². The molecule has 0 spiro atoms. The van der Waals surface area contributed by atoms with Crippen LogP contribution in [0, 0.1) is 0 Å². The maximum atomic E-state index is 13.9. The van der Waals surface area contributed by atoms with Crippen molar-refractivity contribution in [3.05, 3.63) is 183 Å². The van der Waals surface area contributed by atoms with Gasteiger partial charge in [0, 0.05) is 49.8 Å². The minimum atomic E-state index is -4.41. The molecule has 2 heterocycles. The fourth-order valence-electron chi connectivity index (χ4n) is 7.20. The van der Waals surface area contributed by atoms with Crippen molar-refractivity contribution in [1.82, 2.24) is 0 Å². The number of aliphatic hydroxyl groups is 1. The predicted molar refractivity (Wildman–Crippen MR) is 222 cm³/mol. The molecule has 8 aromatic rings. The maximum absolute atomic E-state index is 13.9. The van der Waals surface area contributed by atoms with Gasteiger partial charge in [-0.25, -0.2) is 0 Å². The number of anilines is 1. The largest absolute Gasteiger partial charge is 0.416 e. The van der Waals surface area contributed by atoms with Crippen LogP contribution >= 0.6 is 22.7 Å². The van der Waals surface area contributed by atoms with Crippen LogP contribution in [-0.4, -0.2) is 24.2 Å². The van der Waals surface area contributed by atoms with Crippen LogP contribution in [-0.2, 0) is 25.2 Å². The molecule has 0 fully saturated rings. The summed E-state index contributed by atoms with van der Waals surface area (Å²) >= 11 is 3.07. The normalized spacial score (nSPS) is 12.1. The van der Waals surface area contributed by atoms with Gasteiger partial charge in [-0.2, -0.15) is 26.3 Å². The summed E-state index contributed by atoms with van der Waals surface area (Å²) in [4.78, 5) is 17.3. The van der Waals surface area contributed by atoms with Gasteiger partial charge in [0.05, 0.1) is 17.7 Å². The first-order chi connectivity index (χ1) is 27.8. The zero-order chi connectivity index (χ0) is 40.6. The average molecular weight is 822 g/mol. The molecule has 8 rings (SSSR count). The van der Waals surface area contributed by atoms with Crippen LogP contribution in [0.1, 0.15) is 42.4 Å². The summed E-state index contributed by atoms with van der Waals surface area (Å²) in [6.07, 6.45) is -8.07. The second-order valence-electron chi connectivity index (χ2n) is 13.9. The van der Waals surface area contributed by atoms with Crippen LogP contribution in [0.5, 0.6) is 0 Å². The summed E-state index contributed by atoms with van der Waals surface area (Å²) in [5.41, 5.74) is 4.56. The van der Waals surface area contributed by atoms with E-state index in [1.54, 1.807) is 24.3 Å². The molecule has 0 unspecified atom stereocenters. The standard InChI is InChI=1S/C47H33F6NO2S2/c48-46(49,50)36-9-1-5-29(23-36)25-39-27-34-7-3-11-41(43(34)57-39)31-13-15-33(16-14-31)45(56)54(21-22-55)38-19-17-32(18-20-38)42-12-4-8-35-28-40(58-44(35)42)26-30-6-2-10-37(24-30)47(51,52)53/h1-20,23-24,27-28,55H,21-22,25-26H2. The smallest absolute Gasteiger partial charge is 0.395 e. The third-order valence-electron chi connectivity index (χ3n) is 9.96. The lowest BCUT2D eigenvalue weighted by atomic mass is 10.0. The van der Waals surface area contributed by atoms with Crippen molar-refractivity contribution in [3.8, 4) is 22.3 Å². The van der Waals surface area contributed by atoms with Gasteiger partial charge < -0.3 is 10.0 Å². The number of halogens is 6. The fraction of sp³-hybridized carbons (Fsp3) is 0.128. The Balaban J connectivity index is 1.00. The van der Waals surface area contributed by atoms with E-state index in [4.69, 9.17) is 0 Å². The van der Waals surface area contributed by atoms with Crippen LogP contribution in [0.2, 0.25) is 0 Å².